The van der Waals surface area contributed by atoms with Gasteiger partial charge < -0.3 is 0 Å². The maximum atomic E-state index is 12.5. The van der Waals surface area contributed by atoms with Crippen molar-refractivity contribution in [2.75, 3.05) is 0 Å². The molecule has 122 valence electrons. The van der Waals surface area contributed by atoms with Crippen LogP contribution in [0.25, 0.3) is 0 Å². The van der Waals surface area contributed by atoms with E-state index in [4.69, 9.17) is 5.14 Å². The average molecular weight is 352 g/mol. The highest BCUT2D eigenvalue weighted by molar-refractivity contribution is 7.89. The topological polar surface area (TPSA) is 106 Å². The first-order chi connectivity index (χ1) is 10.8. The highest BCUT2D eigenvalue weighted by Crippen LogP contribution is 2.32. The van der Waals surface area contributed by atoms with Gasteiger partial charge >= 0.3 is 0 Å². The van der Waals surface area contributed by atoms with Crippen molar-refractivity contribution in [3.05, 3.63) is 59.7 Å². The zero-order chi connectivity index (χ0) is 16.7. The van der Waals surface area contributed by atoms with Gasteiger partial charge in [0.2, 0.25) is 20.0 Å². The zero-order valence-electron chi connectivity index (χ0n) is 12.1. The van der Waals surface area contributed by atoms with Gasteiger partial charge in [-0.25, -0.2) is 26.7 Å². The molecule has 1 aliphatic rings. The fraction of sp³-hybridized carbons (Fsp3) is 0.200. The fourth-order valence-electron chi connectivity index (χ4n) is 2.74. The van der Waals surface area contributed by atoms with Gasteiger partial charge in [0.05, 0.1) is 9.79 Å². The van der Waals surface area contributed by atoms with Gasteiger partial charge in [0, 0.05) is 6.04 Å². The van der Waals surface area contributed by atoms with Crippen LogP contribution in [0, 0.1) is 0 Å². The van der Waals surface area contributed by atoms with E-state index in [0.717, 1.165) is 17.5 Å². The average Bonchev–Trinajstić information content (AvgIpc) is 2.89. The molecule has 6 nitrogen and oxygen atoms in total. The van der Waals surface area contributed by atoms with E-state index >= 15 is 0 Å². The summed E-state index contributed by atoms with van der Waals surface area (Å²) in [7, 11) is -7.58. The Morgan fingerprint density at radius 2 is 1.52 bits per heavy atom. The maximum Gasteiger partial charge on any atom is 0.241 e. The van der Waals surface area contributed by atoms with Gasteiger partial charge in [0.15, 0.2) is 0 Å². The molecule has 0 aliphatic heterocycles. The number of benzene rings is 2. The second-order valence-corrected chi connectivity index (χ2v) is 8.70. The van der Waals surface area contributed by atoms with Gasteiger partial charge in [-0.2, -0.15) is 0 Å². The van der Waals surface area contributed by atoms with Crippen molar-refractivity contribution in [2.24, 2.45) is 5.14 Å². The van der Waals surface area contributed by atoms with Crippen molar-refractivity contribution in [1.82, 2.24) is 4.72 Å². The van der Waals surface area contributed by atoms with Crippen LogP contribution < -0.4 is 9.86 Å². The molecule has 0 amide bonds. The van der Waals surface area contributed by atoms with Crippen LogP contribution in [0.2, 0.25) is 0 Å². The van der Waals surface area contributed by atoms with Crippen LogP contribution >= 0.6 is 0 Å². The third-order valence-corrected chi connectivity index (χ3v) is 6.31. The lowest BCUT2D eigenvalue weighted by atomic mass is 10.1. The molecule has 23 heavy (non-hydrogen) atoms. The summed E-state index contributed by atoms with van der Waals surface area (Å²) in [6.07, 6.45) is 1.53. The quantitative estimate of drug-likeness (QED) is 0.865. The second-order valence-electron chi connectivity index (χ2n) is 5.43. The van der Waals surface area contributed by atoms with Crippen LogP contribution in [0.3, 0.4) is 0 Å². The smallest absolute Gasteiger partial charge is 0.225 e. The molecule has 0 heterocycles. The first kappa shape index (κ1) is 16.1. The summed E-state index contributed by atoms with van der Waals surface area (Å²) >= 11 is 0. The van der Waals surface area contributed by atoms with Crippen LogP contribution in [0.15, 0.2) is 58.3 Å². The van der Waals surface area contributed by atoms with Gasteiger partial charge in [0.25, 0.3) is 0 Å². The number of nitrogens with two attached hydrogens (primary N) is 1. The number of primary sulfonamides is 1. The zero-order valence-corrected chi connectivity index (χ0v) is 13.8. The number of fused-ring (bicyclic) bond motifs is 1. The Balaban J connectivity index is 1.86. The number of nitrogens with one attached hydrogen (secondary N) is 1. The first-order valence-corrected chi connectivity index (χ1v) is 10.0. The standard InChI is InChI=1S/C15H16N2O4S2/c16-22(18,19)12-6-8-13(9-7-12)23(20,21)17-15-10-5-11-3-1-2-4-14(11)15/h1-4,6-9,15,17H,5,10H2,(H2,16,18,19)/t15-/m0/s1. The molecule has 0 radical (unpaired) electrons. The minimum atomic E-state index is -3.84. The molecule has 0 aromatic heterocycles. The van der Waals surface area contributed by atoms with E-state index in [-0.39, 0.29) is 15.8 Å². The minimum Gasteiger partial charge on any atom is -0.225 e. The van der Waals surface area contributed by atoms with Crippen molar-refractivity contribution in [3.8, 4) is 0 Å². The molecule has 1 atom stereocenters. The van der Waals surface area contributed by atoms with Gasteiger partial charge in [-0.15, -0.1) is 0 Å². The number of hydrogen-bond donors (Lipinski definition) is 2. The van der Waals surface area contributed by atoms with Crippen molar-refractivity contribution in [3.63, 3.8) is 0 Å². The van der Waals surface area contributed by atoms with Crippen LogP contribution in [0.4, 0.5) is 0 Å². The predicted octanol–water partition coefficient (Wildman–Crippen LogP) is 1.30. The summed E-state index contributed by atoms with van der Waals surface area (Å²) in [6.45, 7) is 0. The molecule has 2 aromatic rings. The molecule has 0 fully saturated rings. The van der Waals surface area contributed by atoms with Crippen molar-refractivity contribution in [1.29, 1.82) is 0 Å². The summed E-state index contributed by atoms with van der Waals surface area (Å²) in [5, 5.41) is 5.01. The lowest BCUT2D eigenvalue weighted by Gasteiger charge is -2.14. The molecule has 0 unspecified atom stereocenters. The molecule has 0 bridgehead atoms. The summed E-state index contributed by atoms with van der Waals surface area (Å²) in [5.41, 5.74) is 2.13. The van der Waals surface area contributed by atoms with E-state index in [9.17, 15) is 16.8 Å². The number of sulfonamides is 2. The van der Waals surface area contributed by atoms with Crippen LogP contribution in [-0.2, 0) is 26.5 Å². The Hall–Kier alpha value is -1.74. The van der Waals surface area contributed by atoms with E-state index in [1.165, 1.54) is 24.3 Å². The van der Waals surface area contributed by atoms with Gasteiger partial charge in [-0.1, -0.05) is 24.3 Å². The Bertz CT molecular complexity index is 936. The number of aryl methyl sites for hydroxylation is 1. The normalized spacial score (nSPS) is 17.9. The van der Waals surface area contributed by atoms with Crippen molar-refractivity contribution in [2.45, 2.75) is 28.7 Å². The highest BCUT2D eigenvalue weighted by atomic mass is 32.2. The third-order valence-electron chi connectivity index (χ3n) is 3.89. The summed E-state index contributed by atoms with van der Waals surface area (Å²) in [4.78, 5) is -0.114. The van der Waals surface area contributed by atoms with Gasteiger partial charge in [0.1, 0.15) is 0 Å². The Labute approximate surface area is 135 Å². The maximum absolute atomic E-state index is 12.5. The minimum absolute atomic E-state index is 0.00859. The molecule has 2 aromatic carbocycles. The summed E-state index contributed by atoms with van der Waals surface area (Å²) in [6, 6.07) is 12.3. The monoisotopic (exact) mass is 352 g/mol. The number of rotatable bonds is 4. The summed E-state index contributed by atoms with van der Waals surface area (Å²) < 4.78 is 50.1. The Morgan fingerprint density at radius 3 is 2.17 bits per heavy atom. The molecule has 8 heteroatoms. The molecule has 0 spiro atoms. The second kappa shape index (κ2) is 5.72. The van der Waals surface area contributed by atoms with E-state index in [0.29, 0.717) is 6.42 Å². The molecular formula is C15H16N2O4S2. The molecule has 3 N–H and O–H groups in total. The van der Waals surface area contributed by atoms with E-state index in [1.807, 2.05) is 24.3 Å². The van der Waals surface area contributed by atoms with Crippen molar-refractivity contribution >= 4 is 20.0 Å². The van der Waals surface area contributed by atoms with Gasteiger partial charge in [-0.3, -0.25) is 0 Å². The predicted molar refractivity (Wildman–Crippen MR) is 85.6 cm³/mol. The van der Waals surface area contributed by atoms with Gasteiger partial charge in [-0.05, 0) is 48.2 Å². The molecule has 0 saturated heterocycles. The lowest BCUT2D eigenvalue weighted by Crippen LogP contribution is -2.27. The Kier molecular flexibility index (Phi) is 4.01. The van der Waals surface area contributed by atoms with Crippen LogP contribution in [0.1, 0.15) is 23.6 Å². The molecule has 1 aliphatic carbocycles. The van der Waals surface area contributed by atoms with E-state index in [1.54, 1.807) is 0 Å². The summed E-state index contributed by atoms with van der Waals surface area (Å²) in [5.74, 6) is 0. The molecule has 3 rings (SSSR count). The van der Waals surface area contributed by atoms with Crippen molar-refractivity contribution < 1.29 is 16.8 Å². The van der Waals surface area contributed by atoms with Crippen LogP contribution in [0.5, 0.6) is 0 Å². The fourth-order valence-corrected chi connectivity index (χ4v) is 4.51. The third kappa shape index (κ3) is 3.30. The largest absolute Gasteiger partial charge is 0.241 e. The first-order valence-electron chi connectivity index (χ1n) is 7.00. The van der Waals surface area contributed by atoms with Crippen LogP contribution in [-0.4, -0.2) is 16.8 Å². The number of hydrogen-bond acceptors (Lipinski definition) is 4. The highest BCUT2D eigenvalue weighted by Gasteiger charge is 2.27. The van der Waals surface area contributed by atoms with E-state index in [2.05, 4.69) is 4.72 Å². The molecule has 0 saturated carbocycles. The SMILES string of the molecule is NS(=O)(=O)c1ccc(S(=O)(=O)N[C@H]2CCc3ccccc32)cc1. The lowest BCUT2D eigenvalue weighted by molar-refractivity contribution is 0.554. The Morgan fingerprint density at radius 1 is 0.913 bits per heavy atom. The van der Waals surface area contributed by atoms with E-state index < -0.39 is 20.0 Å². The molecular weight excluding hydrogens is 336 g/mol.